The van der Waals surface area contributed by atoms with Crippen LogP contribution in [0.4, 0.5) is 11.5 Å². The van der Waals surface area contributed by atoms with Crippen LogP contribution in [0, 0.1) is 11.3 Å². The molecule has 0 atom stereocenters. The van der Waals surface area contributed by atoms with Crippen LogP contribution >= 0.6 is 24.0 Å². The number of hydrogen-bond acceptors (Lipinski definition) is 5. The smallest absolute Gasteiger partial charge is 0.193 e. The number of aromatic nitrogens is 2. The normalized spacial score (nSPS) is 10.7. The largest absolute Gasteiger partial charge is 0.497 e. The molecule has 0 saturated heterocycles. The van der Waals surface area contributed by atoms with Crippen molar-refractivity contribution in [2.24, 2.45) is 10.7 Å². The van der Waals surface area contributed by atoms with E-state index in [9.17, 15) is 5.26 Å². The second-order valence-corrected chi connectivity index (χ2v) is 6.29. The third-order valence-electron chi connectivity index (χ3n) is 4.32. The maximum atomic E-state index is 9.46. The first-order valence-corrected chi connectivity index (χ1v) is 9.16. The van der Waals surface area contributed by atoms with Gasteiger partial charge in [-0.05, 0) is 49.2 Å². The molecule has 1 heterocycles. The number of aliphatic imine (C=N–C) groups is 1. The summed E-state index contributed by atoms with van der Waals surface area (Å²) in [7, 11) is 1.62. The summed E-state index contributed by atoms with van der Waals surface area (Å²) in [4.78, 5) is 4.32. The van der Waals surface area contributed by atoms with Crippen LogP contribution in [0.3, 0.4) is 0 Å². The molecule has 0 radical (unpaired) electrons. The average Bonchev–Trinajstić information content (AvgIpc) is 3.07. The van der Waals surface area contributed by atoms with Gasteiger partial charge in [0.2, 0.25) is 0 Å². The van der Waals surface area contributed by atoms with E-state index in [-0.39, 0.29) is 24.0 Å². The molecule has 3 aromatic rings. The van der Waals surface area contributed by atoms with Gasteiger partial charge in [-0.15, -0.1) is 24.0 Å². The zero-order valence-electron chi connectivity index (χ0n) is 16.6. The van der Waals surface area contributed by atoms with Crippen LogP contribution in [0.15, 0.2) is 59.6 Å². The van der Waals surface area contributed by atoms with Crippen molar-refractivity contribution < 1.29 is 4.74 Å². The maximum Gasteiger partial charge on any atom is 0.193 e. The molecule has 0 unspecified atom stereocenters. The summed E-state index contributed by atoms with van der Waals surface area (Å²) in [5.41, 5.74) is 14.8. The molecule has 0 saturated carbocycles. The minimum Gasteiger partial charge on any atom is -0.497 e. The van der Waals surface area contributed by atoms with Crippen molar-refractivity contribution in [2.45, 2.75) is 12.8 Å². The standard InChI is InChI=1S/C21H23N7O.HI/c1-29-17-11-9-15(10-12-17)26-21(24)25-13-5-8-19-18(14-22)20(23)28(27-19)16-6-3-2-4-7-16;/h2-4,6-7,9-12H,5,8,13,23H2,1H3,(H3,24,25,26);1H. The molecule has 0 aliphatic rings. The Kier molecular flexibility index (Phi) is 8.49. The number of aryl methyl sites for hydroxylation is 1. The molecule has 3 rings (SSSR count). The van der Waals surface area contributed by atoms with Crippen LogP contribution in [0.25, 0.3) is 5.69 Å². The Labute approximate surface area is 192 Å². The number of ether oxygens (including phenoxy) is 1. The highest BCUT2D eigenvalue weighted by Crippen LogP contribution is 2.21. The summed E-state index contributed by atoms with van der Waals surface area (Å²) in [6, 6.07) is 19.1. The van der Waals surface area contributed by atoms with Crippen molar-refractivity contribution in [2.75, 3.05) is 24.7 Å². The molecule has 0 spiro atoms. The number of benzene rings is 2. The fraction of sp³-hybridized carbons (Fsp3) is 0.190. The highest BCUT2D eigenvalue weighted by molar-refractivity contribution is 14.0. The minimum absolute atomic E-state index is 0. The highest BCUT2D eigenvalue weighted by Gasteiger charge is 2.15. The third-order valence-corrected chi connectivity index (χ3v) is 4.32. The van der Waals surface area contributed by atoms with Crippen LogP contribution in [0.5, 0.6) is 5.75 Å². The summed E-state index contributed by atoms with van der Waals surface area (Å²) in [6.07, 6.45) is 1.26. The number of nitrogens with one attached hydrogen (secondary N) is 1. The molecule has 8 nitrogen and oxygen atoms in total. The van der Waals surface area contributed by atoms with Gasteiger partial charge in [-0.3, -0.25) is 4.99 Å². The van der Waals surface area contributed by atoms with Gasteiger partial charge in [-0.2, -0.15) is 10.4 Å². The van der Waals surface area contributed by atoms with Gasteiger partial charge in [0.1, 0.15) is 23.2 Å². The Morgan fingerprint density at radius 2 is 1.90 bits per heavy atom. The Balaban J connectivity index is 0.00000320. The van der Waals surface area contributed by atoms with Crippen molar-refractivity contribution in [3.63, 3.8) is 0 Å². The molecule has 9 heteroatoms. The molecule has 30 heavy (non-hydrogen) atoms. The first kappa shape index (κ1) is 23.0. The van der Waals surface area contributed by atoms with Crippen molar-refractivity contribution in [3.8, 4) is 17.5 Å². The second-order valence-electron chi connectivity index (χ2n) is 6.29. The van der Waals surface area contributed by atoms with Gasteiger partial charge in [0, 0.05) is 12.2 Å². The van der Waals surface area contributed by atoms with Crippen molar-refractivity contribution in [1.29, 1.82) is 5.26 Å². The molecule has 5 N–H and O–H groups in total. The van der Waals surface area contributed by atoms with Gasteiger partial charge in [0.25, 0.3) is 0 Å². The van der Waals surface area contributed by atoms with Gasteiger partial charge < -0.3 is 21.5 Å². The number of methoxy groups -OCH3 is 1. The molecular formula is C21H24IN7O. The Morgan fingerprint density at radius 1 is 1.20 bits per heavy atom. The first-order chi connectivity index (χ1) is 14.1. The number of rotatable bonds is 7. The lowest BCUT2D eigenvalue weighted by atomic mass is 10.1. The number of nitrogens with two attached hydrogens (primary N) is 2. The predicted octanol–water partition coefficient (Wildman–Crippen LogP) is 3.31. The Hall–Kier alpha value is -3.26. The van der Waals surface area contributed by atoms with E-state index in [4.69, 9.17) is 16.2 Å². The van der Waals surface area contributed by atoms with E-state index < -0.39 is 0 Å². The molecule has 2 aromatic carbocycles. The van der Waals surface area contributed by atoms with E-state index in [2.05, 4.69) is 21.5 Å². The number of anilines is 2. The molecule has 0 bridgehead atoms. The predicted molar refractivity (Wildman–Crippen MR) is 130 cm³/mol. The van der Waals surface area contributed by atoms with Gasteiger partial charge in [0.15, 0.2) is 5.96 Å². The lowest BCUT2D eigenvalue weighted by molar-refractivity contribution is 0.415. The summed E-state index contributed by atoms with van der Waals surface area (Å²) in [5.74, 6) is 1.44. The van der Waals surface area contributed by atoms with Gasteiger partial charge >= 0.3 is 0 Å². The molecule has 0 fully saturated rings. The van der Waals surface area contributed by atoms with Crippen LogP contribution in [-0.2, 0) is 6.42 Å². The summed E-state index contributed by atoms with van der Waals surface area (Å²) in [6.45, 7) is 0.498. The van der Waals surface area contributed by atoms with Crippen molar-refractivity contribution in [1.82, 2.24) is 9.78 Å². The zero-order valence-corrected chi connectivity index (χ0v) is 18.9. The molecular weight excluding hydrogens is 493 g/mol. The summed E-state index contributed by atoms with van der Waals surface area (Å²) >= 11 is 0. The van der Waals surface area contributed by atoms with Crippen LogP contribution in [0.2, 0.25) is 0 Å². The van der Waals surface area contributed by atoms with Crippen LogP contribution in [-0.4, -0.2) is 29.4 Å². The molecule has 0 aliphatic carbocycles. The molecule has 156 valence electrons. The van der Waals surface area contributed by atoms with E-state index >= 15 is 0 Å². The number of hydrogen-bond donors (Lipinski definition) is 3. The quantitative estimate of drug-likeness (QED) is 0.191. The topological polar surface area (TPSA) is 127 Å². The number of nitrogen functional groups attached to an aromatic ring is 1. The van der Waals surface area contributed by atoms with E-state index in [0.717, 1.165) is 17.1 Å². The van der Waals surface area contributed by atoms with Crippen LogP contribution in [0.1, 0.15) is 17.7 Å². The number of guanidine groups is 1. The lowest BCUT2D eigenvalue weighted by Gasteiger charge is -2.06. The highest BCUT2D eigenvalue weighted by atomic mass is 127. The van der Waals surface area contributed by atoms with Crippen molar-refractivity contribution >= 4 is 41.4 Å². The maximum absolute atomic E-state index is 9.46. The number of halogens is 1. The SMILES string of the molecule is COc1ccc(NC(N)=NCCCc2nn(-c3ccccc3)c(N)c2C#N)cc1.I. The molecule has 0 amide bonds. The lowest BCUT2D eigenvalue weighted by Crippen LogP contribution is -2.22. The minimum atomic E-state index is 0. The van der Waals surface area contributed by atoms with E-state index in [0.29, 0.717) is 42.4 Å². The fourth-order valence-corrected chi connectivity index (χ4v) is 2.85. The monoisotopic (exact) mass is 517 g/mol. The molecule has 1 aromatic heterocycles. The summed E-state index contributed by atoms with van der Waals surface area (Å²) < 4.78 is 6.72. The molecule has 0 aliphatic heterocycles. The number of nitrogens with zero attached hydrogens (tertiary/aromatic N) is 4. The first-order valence-electron chi connectivity index (χ1n) is 9.16. The second kappa shape index (κ2) is 11.1. The van der Waals surface area contributed by atoms with Gasteiger partial charge in [-0.1, -0.05) is 18.2 Å². The number of para-hydroxylation sites is 1. The van der Waals surface area contributed by atoms with Crippen molar-refractivity contribution in [3.05, 3.63) is 65.9 Å². The fourth-order valence-electron chi connectivity index (χ4n) is 2.85. The Bertz CT molecular complexity index is 1020. The third kappa shape index (κ3) is 5.64. The summed E-state index contributed by atoms with van der Waals surface area (Å²) in [5, 5.41) is 17.0. The van der Waals surface area contributed by atoms with Gasteiger partial charge in [-0.25, -0.2) is 4.68 Å². The Morgan fingerprint density at radius 3 is 2.53 bits per heavy atom. The van der Waals surface area contributed by atoms with E-state index in [1.54, 1.807) is 11.8 Å². The zero-order chi connectivity index (χ0) is 20.6. The van der Waals surface area contributed by atoms with E-state index in [1.165, 1.54) is 0 Å². The number of nitriles is 1. The van der Waals surface area contributed by atoms with Crippen LogP contribution < -0.4 is 21.5 Å². The average molecular weight is 517 g/mol. The van der Waals surface area contributed by atoms with Gasteiger partial charge in [0.05, 0.1) is 18.5 Å². The van der Waals surface area contributed by atoms with E-state index in [1.807, 2.05) is 54.6 Å².